The molecule has 2 rings (SSSR count). The molecule has 0 saturated carbocycles. The van der Waals surface area contributed by atoms with E-state index in [4.69, 9.17) is 15.1 Å². The average molecular weight is 282 g/mol. The fourth-order valence-corrected chi connectivity index (χ4v) is 1.72. The number of nitrogens with one attached hydrogen (secondary N) is 1. The van der Waals surface area contributed by atoms with Gasteiger partial charge < -0.3 is 15.2 Å². The summed E-state index contributed by atoms with van der Waals surface area (Å²) in [4.78, 5) is 10.7. The molecule has 0 amide bonds. The third kappa shape index (κ3) is 4.25. The largest absolute Gasteiger partial charge is 0.492 e. The number of anilines is 1. The van der Waals surface area contributed by atoms with Crippen molar-refractivity contribution in [3.05, 3.63) is 59.7 Å². The van der Waals surface area contributed by atoms with E-state index in [9.17, 15) is 4.79 Å². The fourth-order valence-electron chi connectivity index (χ4n) is 1.72. The second-order valence-corrected chi connectivity index (χ2v) is 4.29. The van der Waals surface area contributed by atoms with Gasteiger partial charge in [-0.25, -0.2) is 4.79 Å². The number of nitrogens with zero attached hydrogens (tertiary/aromatic N) is 1. The van der Waals surface area contributed by atoms with Crippen molar-refractivity contribution < 1.29 is 14.6 Å². The van der Waals surface area contributed by atoms with Crippen LogP contribution < -0.4 is 10.1 Å². The molecular formula is C16H14N2O3. The normalized spacial score (nSPS) is 9.67. The minimum Gasteiger partial charge on any atom is -0.492 e. The van der Waals surface area contributed by atoms with Crippen LogP contribution in [0.1, 0.15) is 15.9 Å². The molecular weight excluding hydrogens is 268 g/mol. The lowest BCUT2D eigenvalue weighted by Crippen LogP contribution is -2.11. The van der Waals surface area contributed by atoms with Gasteiger partial charge in [0, 0.05) is 12.2 Å². The Labute approximate surface area is 122 Å². The molecule has 0 bridgehead atoms. The van der Waals surface area contributed by atoms with E-state index in [1.807, 2.05) is 12.1 Å². The first-order valence-corrected chi connectivity index (χ1v) is 6.39. The standard InChI is InChI=1S/C16H14N2O3/c17-11-12-1-5-14(6-2-12)18-9-10-21-15-7-3-13(4-8-15)16(19)20/h1-8,18H,9-10H2,(H,19,20). The van der Waals surface area contributed by atoms with Crippen LogP contribution in [0, 0.1) is 11.3 Å². The van der Waals surface area contributed by atoms with E-state index in [1.165, 1.54) is 12.1 Å². The van der Waals surface area contributed by atoms with E-state index in [1.54, 1.807) is 24.3 Å². The lowest BCUT2D eigenvalue weighted by Gasteiger charge is -2.08. The number of hydrogen-bond acceptors (Lipinski definition) is 4. The van der Waals surface area contributed by atoms with Gasteiger partial charge in [-0.05, 0) is 48.5 Å². The number of rotatable bonds is 6. The Balaban J connectivity index is 1.76. The van der Waals surface area contributed by atoms with Gasteiger partial charge in [-0.15, -0.1) is 0 Å². The summed E-state index contributed by atoms with van der Waals surface area (Å²) in [6.45, 7) is 1.05. The summed E-state index contributed by atoms with van der Waals surface area (Å²) in [5, 5.41) is 20.6. The SMILES string of the molecule is N#Cc1ccc(NCCOc2ccc(C(=O)O)cc2)cc1. The van der Waals surface area contributed by atoms with Crippen molar-refractivity contribution in [2.24, 2.45) is 0 Å². The van der Waals surface area contributed by atoms with Crippen LogP contribution in [0.15, 0.2) is 48.5 Å². The fraction of sp³-hybridized carbons (Fsp3) is 0.125. The molecule has 2 aromatic carbocycles. The number of aromatic carboxylic acids is 1. The Morgan fingerprint density at radius 1 is 1.14 bits per heavy atom. The van der Waals surface area contributed by atoms with Gasteiger partial charge in [-0.2, -0.15) is 5.26 Å². The maximum atomic E-state index is 10.7. The number of benzene rings is 2. The molecule has 0 aliphatic carbocycles. The molecule has 2 N–H and O–H groups in total. The number of carbonyl (C=O) groups is 1. The van der Waals surface area contributed by atoms with E-state index in [2.05, 4.69) is 11.4 Å². The quantitative estimate of drug-likeness (QED) is 0.796. The van der Waals surface area contributed by atoms with Crippen LogP contribution >= 0.6 is 0 Å². The lowest BCUT2D eigenvalue weighted by atomic mass is 10.2. The number of ether oxygens (including phenoxy) is 1. The number of carboxylic acids is 1. The topological polar surface area (TPSA) is 82.3 Å². The maximum Gasteiger partial charge on any atom is 0.335 e. The van der Waals surface area contributed by atoms with Crippen molar-refractivity contribution >= 4 is 11.7 Å². The minimum absolute atomic E-state index is 0.234. The van der Waals surface area contributed by atoms with Gasteiger partial charge in [0.1, 0.15) is 12.4 Å². The zero-order chi connectivity index (χ0) is 15.1. The molecule has 0 aromatic heterocycles. The van der Waals surface area contributed by atoms with Crippen LogP contribution in [0.3, 0.4) is 0 Å². The van der Waals surface area contributed by atoms with E-state index >= 15 is 0 Å². The van der Waals surface area contributed by atoms with Crippen LogP contribution in [0.25, 0.3) is 0 Å². The van der Waals surface area contributed by atoms with E-state index in [0.29, 0.717) is 24.5 Å². The van der Waals surface area contributed by atoms with Crippen molar-refractivity contribution in [2.75, 3.05) is 18.5 Å². The molecule has 0 atom stereocenters. The second-order valence-electron chi connectivity index (χ2n) is 4.29. The van der Waals surface area contributed by atoms with Gasteiger partial charge >= 0.3 is 5.97 Å². The molecule has 5 heteroatoms. The summed E-state index contributed by atoms with van der Waals surface area (Å²) in [7, 11) is 0. The lowest BCUT2D eigenvalue weighted by molar-refractivity contribution is 0.0697. The summed E-state index contributed by atoms with van der Waals surface area (Å²) in [6, 6.07) is 15.5. The first-order valence-electron chi connectivity index (χ1n) is 6.39. The molecule has 106 valence electrons. The molecule has 2 aromatic rings. The molecule has 0 fully saturated rings. The third-order valence-corrected chi connectivity index (χ3v) is 2.82. The highest BCUT2D eigenvalue weighted by Crippen LogP contribution is 2.12. The van der Waals surface area contributed by atoms with Crippen LogP contribution in [0.4, 0.5) is 5.69 Å². The molecule has 21 heavy (non-hydrogen) atoms. The first-order chi connectivity index (χ1) is 10.2. The maximum absolute atomic E-state index is 10.7. The predicted molar refractivity (Wildman–Crippen MR) is 78.5 cm³/mol. The Kier molecular flexibility index (Phi) is 4.78. The molecule has 0 aliphatic rings. The van der Waals surface area contributed by atoms with Gasteiger partial charge in [0.05, 0.1) is 17.2 Å². The molecule has 0 saturated heterocycles. The van der Waals surface area contributed by atoms with E-state index in [-0.39, 0.29) is 5.56 Å². The van der Waals surface area contributed by atoms with Gasteiger partial charge in [-0.3, -0.25) is 0 Å². The highest BCUT2D eigenvalue weighted by atomic mass is 16.5. The number of hydrogen-bond donors (Lipinski definition) is 2. The van der Waals surface area contributed by atoms with Crippen molar-refractivity contribution in [1.29, 1.82) is 5.26 Å². The predicted octanol–water partition coefficient (Wildman–Crippen LogP) is 2.75. The zero-order valence-electron chi connectivity index (χ0n) is 11.2. The van der Waals surface area contributed by atoms with Gasteiger partial charge in [0.25, 0.3) is 0 Å². The Morgan fingerprint density at radius 3 is 2.38 bits per heavy atom. The number of nitriles is 1. The highest BCUT2D eigenvalue weighted by molar-refractivity contribution is 5.87. The van der Waals surface area contributed by atoms with Crippen molar-refractivity contribution in [1.82, 2.24) is 0 Å². The van der Waals surface area contributed by atoms with E-state index in [0.717, 1.165) is 5.69 Å². The summed E-state index contributed by atoms with van der Waals surface area (Å²) in [5.41, 5.74) is 1.77. The molecule has 0 unspecified atom stereocenters. The molecule has 0 radical (unpaired) electrons. The highest BCUT2D eigenvalue weighted by Gasteiger charge is 2.01. The summed E-state index contributed by atoms with van der Waals surface area (Å²) in [5.74, 6) is -0.328. The minimum atomic E-state index is -0.955. The van der Waals surface area contributed by atoms with Gasteiger partial charge in [0.15, 0.2) is 0 Å². The van der Waals surface area contributed by atoms with E-state index < -0.39 is 5.97 Å². The second kappa shape index (κ2) is 6.96. The number of carboxylic acid groups (broad SMARTS) is 1. The average Bonchev–Trinajstić information content (AvgIpc) is 2.52. The molecule has 0 aliphatic heterocycles. The monoisotopic (exact) mass is 282 g/mol. The summed E-state index contributed by atoms with van der Waals surface area (Å²) < 4.78 is 5.50. The molecule has 5 nitrogen and oxygen atoms in total. The Morgan fingerprint density at radius 2 is 1.81 bits per heavy atom. The molecule has 0 spiro atoms. The van der Waals surface area contributed by atoms with Crippen LogP contribution in [0.2, 0.25) is 0 Å². The summed E-state index contributed by atoms with van der Waals surface area (Å²) in [6.07, 6.45) is 0. The third-order valence-electron chi connectivity index (χ3n) is 2.82. The zero-order valence-corrected chi connectivity index (χ0v) is 11.2. The van der Waals surface area contributed by atoms with Crippen molar-refractivity contribution in [3.8, 4) is 11.8 Å². The Hall–Kier alpha value is -3.00. The van der Waals surface area contributed by atoms with Crippen LogP contribution in [0.5, 0.6) is 5.75 Å². The van der Waals surface area contributed by atoms with Gasteiger partial charge in [-0.1, -0.05) is 0 Å². The van der Waals surface area contributed by atoms with Crippen molar-refractivity contribution in [2.45, 2.75) is 0 Å². The van der Waals surface area contributed by atoms with Crippen LogP contribution in [-0.2, 0) is 0 Å². The molecule has 0 heterocycles. The van der Waals surface area contributed by atoms with Crippen molar-refractivity contribution in [3.63, 3.8) is 0 Å². The summed E-state index contributed by atoms with van der Waals surface area (Å²) >= 11 is 0. The smallest absolute Gasteiger partial charge is 0.335 e. The van der Waals surface area contributed by atoms with Gasteiger partial charge in [0.2, 0.25) is 0 Å². The Bertz CT molecular complexity index is 643. The first kappa shape index (κ1) is 14.4. The van der Waals surface area contributed by atoms with Crippen LogP contribution in [-0.4, -0.2) is 24.2 Å².